The maximum absolute atomic E-state index is 11.5. The van der Waals surface area contributed by atoms with Gasteiger partial charge in [0.25, 0.3) is 0 Å². The maximum Gasteiger partial charge on any atom is 0.349 e. The molecule has 0 amide bonds. The zero-order chi connectivity index (χ0) is 16.1. The predicted molar refractivity (Wildman–Crippen MR) is 89.7 cm³/mol. The van der Waals surface area contributed by atoms with Crippen molar-refractivity contribution in [2.75, 3.05) is 7.11 Å². The lowest BCUT2D eigenvalue weighted by molar-refractivity contribution is 0.0606. The molecule has 0 aliphatic carbocycles. The fourth-order valence-electron chi connectivity index (χ4n) is 2.07. The van der Waals surface area contributed by atoms with Crippen LogP contribution in [0.15, 0.2) is 60.7 Å². The highest BCUT2D eigenvalue weighted by atomic mass is 32.1. The van der Waals surface area contributed by atoms with Gasteiger partial charge in [-0.2, -0.15) is 4.37 Å². The second-order valence-corrected chi connectivity index (χ2v) is 5.67. The van der Waals surface area contributed by atoms with E-state index in [0.717, 1.165) is 34.1 Å². The van der Waals surface area contributed by atoms with Gasteiger partial charge in [0.2, 0.25) is 0 Å². The van der Waals surface area contributed by atoms with Gasteiger partial charge in [0.15, 0.2) is 0 Å². The Morgan fingerprint density at radius 1 is 1.09 bits per heavy atom. The molecule has 0 aliphatic heterocycles. The van der Waals surface area contributed by atoms with Gasteiger partial charge < -0.3 is 9.47 Å². The third kappa shape index (κ3) is 3.76. The van der Waals surface area contributed by atoms with E-state index >= 15 is 0 Å². The van der Waals surface area contributed by atoms with E-state index in [1.54, 1.807) is 6.07 Å². The number of rotatable bonds is 5. The fraction of sp³-hybridized carbons (Fsp3) is 0.111. The lowest BCUT2D eigenvalue weighted by Gasteiger charge is -2.06. The van der Waals surface area contributed by atoms with Crippen molar-refractivity contribution in [3.05, 3.63) is 71.1 Å². The van der Waals surface area contributed by atoms with E-state index in [2.05, 4.69) is 4.37 Å². The zero-order valence-corrected chi connectivity index (χ0v) is 13.4. The molecule has 3 aromatic rings. The van der Waals surface area contributed by atoms with E-state index < -0.39 is 0 Å². The summed E-state index contributed by atoms with van der Waals surface area (Å²) in [5.74, 6) is 0.428. The molecule has 3 rings (SSSR count). The number of nitrogens with zero attached hydrogens (tertiary/aromatic N) is 1. The van der Waals surface area contributed by atoms with Crippen molar-refractivity contribution in [2.45, 2.75) is 6.61 Å². The Morgan fingerprint density at radius 3 is 2.52 bits per heavy atom. The maximum atomic E-state index is 11.5. The quantitative estimate of drug-likeness (QED) is 0.660. The van der Waals surface area contributed by atoms with E-state index in [4.69, 9.17) is 9.47 Å². The molecule has 1 aromatic heterocycles. The van der Waals surface area contributed by atoms with Gasteiger partial charge in [-0.3, -0.25) is 0 Å². The summed E-state index contributed by atoms with van der Waals surface area (Å²) < 4.78 is 14.7. The van der Waals surface area contributed by atoms with Crippen molar-refractivity contribution in [3.8, 4) is 17.0 Å². The largest absolute Gasteiger partial charge is 0.489 e. The van der Waals surface area contributed by atoms with Crippen molar-refractivity contribution >= 4 is 17.5 Å². The van der Waals surface area contributed by atoms with Crippen molar-refractivity contribution in [1.29, 1.82) is 0 Å². The molecule has 0 bridgehead atoms. The van der Waals surface area contributed by atoms with E-state index in [1.807, 2.05) is 54.6 Å². The van der Waals surface area contributed by atoms with Gasteiger partial charge in [0.1, 0.15) is 17.2 Å². The van der Waals surface area contributed by atoms with Gasteiger partial charge in [0.05, 0.1) is 12.8 Å². The second-order valence-electron chi connectivity index (χ2n) is 4.87. The molecule has 0 fully saturated rings. The average molecular weight is 325 g/mol. The lowest BCUT2D eigenvalue weighted by atomic mass is 10.1. The van der Waals surface area contributed by atoms with Crippen molar-refractivity contribution in [3.63, 3.8) is 0 Å². The monoisotopic (exact) mass is 325 g/mol. The minimum atomic E-state index is -0.364. The molecule has 0 aliphatic rings. The highest BCUT2D eigenvalue weighted by molar-refractivity contribution is 7.08. The Kier molecular flexibility index (Phi) is 4.68. The number of carbonyl (C=O) groups is 1. The van der Waals surface area contributed by atoms with Gasteiger partial charge in [-0.25, -0.2) is 4.79 Å². The van der Waals surface area contributed by atoms with Gasteiger partial charge in [0, 0.05) is 5.56 Å². The molecular weight excluding hydrogens is 310 g/mol. The molecule has 0 N–H and O–H groups in total. The van der Waals surface area contributed by atoms with Crippen molar-refractivity contribution in [2.24, 2.45) is 0 Å². The molecule has 2 aromatic carbocycles. The summed E-state index contributed by atoms with van der Waals surface area (Å²) in [6.07, 6.45) is 0. The smallest absolute Gasteiger partial charge is 0.349 e. The third-order valence-electron chi connectivity index (χ3n) is 3.30. The second kappa shape index (κ2) is 7.07. The molecule has 0 unspecified atom stereocenters. The highest BCUT2D eigenvalue weighted by Crippen LogP contribution is 2.25. The van der Waals surface area contributed by atoms with Gasteiger partial charge in [-0.1, -0.05) is 30.3 Å². The standard InChI is InChI=1S/C18H15NO3S/c1-21-18(20)17-11-16(19-23-17)14-7-9-15(10-8-14)22-12-13-5-3-2-4-6-13/h2-11H,12H2,1H3. The van der Waals surface area contributed by atoms with Crippen LogP contribution in [0, 0.1) is 0 Å². The number of benzene rings is 2. The number of methoxy groups -OCH3 is 1. The number of aromatic nitrogens is 1. The lowest BCUT2D eigenvalue weighted by Crippen LogP contribution is -1.96. The number of ether oxygens (including phenoxy) is 2. The Morgan fingerprint density at radius 2 is 1.83 bits per heavy atom. The third-order valence-corrected chi connectivity index (χ3v) is 4.06. The Bertz CT molecular complexity index is 782. The predicted octanol–water partition coefficient (Wildman–Crippen LogP) is 4.18. The molecule has 5 heteroatoms. The van der Waals surface area contributed by atoms with Crippen molar-refractivity contribution < 1.29 is 14.3 Å². The first-order valence-electron chi connectivity index (χ1n) is 7.08. The molecule has 1 heterocycles. The zero-order valence-electron chi connectivity index (χ0n) is 12.6. The molecule has 23 heavy (non-hydrogen) atoms. The van der Waals surface area contributed by atoms with Crippen LogP contribution in [0.2, 0.25) is 0 Å². The van der Waals surface area contributed by atoms with Crippen LogP contribution in [0.5, 0.6) is 5.75 Å². The number of esters is 1. The van der Waals surface area contributed by atoms with Crippen LogP contribution in [0.1, 0.15) is 15.2 Å². The molecule has 0 atom stereocenters. The van der Waals surface area contributed by atoms with Crippen molar-refractivity contribution in [1.82, 2.24) is 4.37 Å². The Balaban J connectivity index is 1.67. The first kappa shape index (κ1) is 15.2. The van der Waals surface area contributed by atoms with E-state index in [1.165, 1.54) is 7.11 Å². The Labute approximate surface area is 138 Å². The van der Waals surface area contributed by atoms with Crippen LogP contribution in [0.3, 0.4) is 0 Å². The van der Waals surface area contributed by atoms with E-state index in [0.29, 0.717) is 11.5 Å². The molecular formula is C18H15NO3S. The number of carbonyl (C=O) groups excluding carboxylic acids is 1. The summed E-state index contributed by atoms with van der Waals surface area (Å²) in [4.78, 5) is 12.0. The van der Waals surface area contributed by atoms with Gasteiger partial charge in [-0.05, 0) is 47.4 Å². The Hall–Kier alpha value is -2.66. The summed E-state index contributed by atoms with van der Waals surface area (Å²) in [5, 5.41) is 0. The van der Waals surface area contributed by atoms with Gasteiger partial charge >= 0.3 is 5.97 Å². The SMILES string of the molecule is COC(=O)c1cc(-c2ccc(OCc3ccccc3)cc2)ns1. The molecule has 116 valence electrons. The minimum Gasteiger partial charge on any atom is -0.489 e. The first-order valence-corrected chi connectivity index (χ1v) is 7.86. The number of hydrogen-bond donors (Lipinski definition) is 0. The summed E-state index contributed by atoms with van der Waals surface area (Å²) in [6.45, 7) is 0.531. The van der Waals surface area contributed by atoms with E-state index in [9.17, 15) is 4.79 Å². The highest BCUT2D eigenvalue weighted by Gasteiger charge is 2.11. The molecule has 0 spiro atoms. The molecule has 0 saturated heterocycles. The van der Waals surface area contributed by atoms with Crippen LogP contribution in [-0.4, -0.2) is 17.5 Å². The van der Waals surface area contributed by atoms with Crippen LogP contribution >= 0.6 is 11.5 Å². The van der Waals surface area contributed by atoms with Gasteiger partial charge in [-0.15, -0.1) is 0 Å². The molecule has 0 saturated carbocycles. The molecule has 4 nitrogen and oxygen atoms in total. The summed E-state index contributed by atoms with van der Waals surface area (Å²) in [6, 6.07) is 19.4. The van der Waals surface area contributed by atoms with Crippen LogP contribution < -0.4 is 4.74 Å². The summed E-state index contributed by atoms with van der Waals surface area (Å²) >= 11 is 1.13. The topological polar surface area (TPSA) is 48.4 Å². The van der Waals surface area contributed by atoms with Crippen LogP contribution in [0.25, 0.3) is 11.3 Å². The van der Waals surface area contributed by atoms with Crippen LogP contribution in [0.4, 0.5) is 0 Å². The minimum absolute atomic E-state index is 0.364. The molecule has 0 radical (unpaired) electrons. The fourth-order valence-corrected chi connectivity index (χ4v) is 2.75. The summed E-state index contributed by atoms with van der Waals surface area (Å²) in [7, 11) is 1.36. The van der Waals surface area contributed by atoms with Crippen LogP contribution in [-0.2, 0) is 11.3 Å². The normalized spacial score (nSPS) is 10.3. The summed E-state index contributed by atoms with van der Waals surface area (Å²) in [5.41, 5.74) is 2.81. The first-order chi connectivity index (χ1) is 11.3. The average Bonchev–Trinajstić information content (AvgIpc) is 3.11. The number of hydrogen-bond acceptors (Lipinski definition) is 5. The van der Waals surface area contributed by atoms with E-state index in [-0.39, 0.29) is 5.97 Å².